The number of oxazole rings is 2. The Kier molecular flexibility index (Phi) is 7.50. The first-order chi connectivity index (χ1) is 19.7. The molecule has 2 aromatic heterocycles. The van der Waals surface area contributed by atoms with Crippen LogP contribution in [0.25, 0.3) is 66.7 Å². The number of hydrogen-bond acceptors (Lipinski definition) is 6. The van der Waals surface area contributed by atoms with Crippen molar-refractivity contribution in [1.82, 2.24) is 9.97 Å². The van der Waals surface area contributed by atoms with Crippen molar-refractivity contribution in [3.05, 3.63) is 121 Å². The fourth-order valence-corrected chi connectivity index (χ4v) is 5.43. The van der Waals surface area contributed by atoms with E-state index in [9.17, 15) is 0 Å². The normalized spacial score (nSPS) is 10.9. The van der Waals surface area contributed by atoms with E-state index < -0.39 is 0 Å². The zero-order valence-corrected chi connectivity index (χ0v) is 26.4. The first-order valence-electron chi connectivity index (χ1n) is 12.7. The average molecular weight is 618 g/mol. The Bertz CT molecular complexity index is 1950. The van der Waals surface area contributed by atoms with E-state index in [1.165, 1.54) is 0 Å². The molecule has 0 spiro atoms. The van der Waals surface area contributed by atoms with Gasteiger partial charge in [0.1, 0.15) is 11.0 Å². The molecule has 0 amide bonds. The molecule has 0 N–H and O–H groups in total. The second kappa shape index (κ2) is 11.4. The van der Waals surface area contributed by atoms with Gasteiger partial charge in [0.2, 0.25) is 11.8 Å². The second-order valence-electron chi connectivity index (χ2n) is 9.29. The van der Waals surface area contributed by atoms with E-state index in [2.05, 4.69) is 34.2 Å². The van der Waals surface area contributed by atoms with E-state index in [1.807, 2.05) is 97.1 Å². The van der Waals surface area contributed by atoms with Crippen LogP contribution < -0.4 is 0 Å². The number of fused-ring (bicyclic) bond motifs is 4. The van der Waals surface area contributed by atoms with E-state index in [4.69, 9.17) is 34.1 Å². The molecule has 0 unspecified atom stereocenters. The van der Waals surface area contributed by atoms with Gasteiger partial charge in [-0.3, -0.25) is 0 Å². The summed E-state index contributed by atoms with van der Waals surface area (Å²) in [7, 11) is 0. The summed E-state index contributed by atoms with van der Waals surface area (Å²) in [4.78, 5) is 10.6. The smallest absolute Gasteiger partial charge is 0.779 e. The molecule has 7 heteroatoms. The number of hydrogen-bond donors (Lipinski definition) is 0. The molecule has 0 fully saturated rings. The van der Waals surface area contributed by atoms with Gasteiger partial charge in [-0.05, 0) is 45.8 Å². The maximum absolute atomic E-state index is 5.87. The van der Waals surface area contributed by atoms with E-state index in [0.717, 1.165) is 64.7 Å². The summed E-state index contributed by atoms with van der Waals surface area (Å²) in [6.45, 7) is 0. The molecule has 8 aromatic rings. The van der Waals surface area contributed by atoms with Crippen molar-refractivity contribution in [3.63, 3.8) is 0 Å². The van der Waals surface area contributed by atoms with Crippen LogP contribution in [-0.4, -0.2) is 9.97 Å². The molecule has 2 heterocycles. The van der Waals surface area contributed by atoms with Gasteiger partial charge in [0.15, 0.2) is 11.2 Å². The Morgan fingerprint density at radius 3 is 1.27 bits per heavy atom. The van der Waals surface area contributed by atoms with Gasteiger partial charge in [0.25, 0.3) is 0 Å². The number of para-hydroxylation sites is 4. The molecule has 0 saturated heterocycles. The topological polar surface area (TPSA) is 52.1 Å². The van der Waals surface area contributed by atoms with Crippen molar-refractivity contribution in [2.75, 3.05) is 0 Å². The Hall–Kier alpha value is -4.16. The van der Waals surface area contributed by atoms with Gasteiger partial charge in [-0.25, -0.2) is 9.97 Å². The summed E-state index contributed by atoms with van der Waals surface area (Å²) in [5.74, 6) is 1.18. The maximum Gasteiger partial charge on any atom is 2.00 e. The minimum Gasteiger partial charge on any atom is -0.779 e. The summed E-state index contributed by atoms with van der Waals surface area (Å²) >= 11 is 10.9. The van der Waals surface area contributed by atoms with Gasteiger partial charge in [-0.1, -0.05) is 97.1 Å². The number of rotatable bonds is 2. The van der Waals surface area contributed by atoms with Gasteiger partial charge in [0, 0.05) is 11.1 Å². The quantitative estimate of drug-likeness (QED) is 0.142. The molecule has 4 nitrogen and oxygen atoms in total. The molecule has 0 bridgehead atoms. The SMILES string of the molecule is [S-]c1ccc2ccccc2c1-c1nc2ccccc2o1.[S-]c1ccc2ccccc2c1-c1nc2ccccc2o1.[Zn+2]. The third kappa shape index (κ3) is 5.09. The third-order valence-electron chi connectivity index (χ3n) is 6.80. The molecule has 0 aliphatic heterocycles. The number of aromatic nitrogens is 2. The fourth-order valence-electron chi connectivity index (χ4n) is 4.90. The fraction of sp³-hybridized carbons (Fsp3) is 0. The first-order valence-corrected chi connectivity index (χ1v) is 13.6. The molecule has 0 aliphatic rings. The van der Waals surface area contributed by atoms with Crippen LogP contribution in [0.5, 0.6) is 0 Å². The summed E-state index contributed by atoms with van der Waals surface area (Å²) < 4.78 is 11.7. The van der Waals surface area contributed by atoms with Crippen LogP contribution in [0.15, 0.2) is 140 Å². The predicted octanol–water partition coefficient (Wildman–Crippen LogP) is 9.11. The minimum atomic E-state index is 0. The Morgan fingerprint density at radius 2 is 0.829 bits per heavy atom. The molecule has 8 rings (SSSR count). The molecule has 6 aromatic carbocycles. The van der Waals surface area contributed by atoms with E-state index >= 15 is 0 Å². The Morgan fingerprint density at radius 1 is 0.439 bits per heavy atom. The van der Waals surface area contributed by atoms with E-state index in [0.29, 0.717) is 11.8 Å². The standard InChI is InChI=1S/2C17H11NOS.Zn/c2*20-15-10-9-11-5-1-2-6-12(11)16(15)17-18-13-7-3-4-8-14(13)19-17;/h2*1-10,20H;/q;;+2/p-2. The van der Waals surface area contributed by atoms with Crippen LogP contribution in [0.3, 0.4) is 0 Å². The van der Waals surface area contributed by atoms with Crippen LogP contribution >= 0.6 is 0 Å². The third-order valence-corrected chi connectivity index (χ3v) is 7.48. The van der Waals surface area contributed by atoms with Crippen molar-refractivity contribution in [2.45, 2.75) is 9.79 Å². The second-order valence-corrected chi connectivity index (χ2v) is 10.2. The zero-order chi connectivity index (χ0) is 27.1. The molecule has 41 heavy (non-hydrogen) atoms. The molecule has 0 saturated carbocycles. The summed E-state index contributed by atoms with van der Waals surface area (Å²) in [5, 5.41) is 4.43. The summed E-state index contributed by atoms with van der Waals surface area (Å²) in [6, 6.07) is 39.7. The van der Waals surface area contributed by atoms with E-state index in [-0.39, 0.29) is 19.5 Å². The zero-order valence-electron chi connectivity index (χ0n) is 21.8. The number of nitrogens with zero attached hydrogens (tertiary/aromatic N) is 2. The van der Waals surface area contributed by atoms with Crippen molar-refractivity contribution in [3.8, 4) is 22.9 Å². The maximum atomic E-state index is 5.87. The minimum absolute atomic E-state index is 0. The monoisotopic (exact) mass is 616 g/mol. The Labute approximate surface area is 260 Å². The largest absolute Gasteiger partial charge is 2.00 e. The van der Waals surface area contributed by atoms with Crippen LogP contribution in [0.4, 0.5) is 0 Å². The van der Waals surface area contributed by atoms with E-state index in [1.54, 1.807) is 0 Å². The van der Waals surface area contributed by atoms with Crippen LogP contribution in [0, 0.1) is 0 Å². The summed E-state index contributed by atoms with van der Waals surface area (Å²) in [5.41, 5.74) is 5.06. The van der Waals surface area contributed by atoms with Gasteiger partial charge < -0.3 is 34.1 Å². The van der Waals surface area contributed by atoms with Crippen LogP contribution in [0.2, 0.25) is 0 Å². The molecule has 192 valence electrons. The molecule has 0 radical (unpaired) electrons. The molecular formula is C34H20N2O2S2Zn. The average Bonchev–Trinajstić information content (AvgIpc) is 3.61. The van der Waals surface area contributed by atoms with Crippen molar-refractivity contribution < 1.29 is 28.3 Å². The van der Waals surface area contributed by atoms with Gasteiger partial charge in [-0.15, -0.1) is 0 Å². The molecular weight excluding hydrogens is 598 g/mol. The van der Waals surface area contributed by atoms with Crippen LogP contribution in [0.1, 0.15) is 0 Å². The Balaban J connectivity index is 0.000000144. The van der Waals surface area contributed by atoms with Gasteiger partial charge in [-0.2, -0.15) is 9.79 Å². The van der Waals surface area contributed by atoms with Crippen molar-refractivity contribution in [1.29, 1.82) is 0 Å². The van der Waals surface area contributed by atoms with Crippen molar-refractivity contribution in [2.24, 2.45) is 0 Å². The summed E-state index contributed by atoms with van der Waals surface area (Å²) in [6.07, 6.45) is 0. The van der Waals surface area contributed by atoms with Gasteiger partial charge in [0.05, 0.1) is 0 Å². The first kappa shape index (κ1) is 27.0. The molecule has 0 aliphatic carbocycles. The van der Waals surface area contributed by atoms with Gasteiger partial charge >= 0.3 is 19.5 Å². The number of benzene rings is 6. The predicted molar refractivity (Wildman–Crippen MR) is 165 cm³/mol. The van der Waals surface area contributed by atoms with Crippen LogP contribution in [-0.2, 0) is 44.7 Å². The molecule has 0 atom stereocenters. The van der Waals surface area contributed by atoms with Crippen molar-refractivity contribution >= 4 is 69.0 Å².